The fraction of sp³-hybridized carbons (Fsp3) is 0.206. The van der Waals surface area contributed by atoms with Gasteiger partial charge in [-0.15, -0.1) is 0 Å². The number of hydrogen-bond donors (Lipinski definition) is 2. The molecule has 0 bridgehead atoms. The molecular weight excluding hydrogens is 587 g/mol. The van der Waals surface area contributed by atoms with Crippen molar-refractivity contribution in [1.29, 1.82) is 0 Å². The highest BCUT2D eigenvalue weighted by Crippen LogP contribution is 2.35. The lowest BCUT2D eigenvalue weighted by Gasteiger charge is -2.27. The van der Waals surface area contributed by atoms with Crippen LogP contribution in [0.2, 0.25) is 10.0 Å². The first kappa shape index (κ1) is 31.6. The molecule has 4 rings (SSSR count). The van der Waals surface area contributed by atoms with Gasteiger partial charge < -0.3 is 20.1 Å². The third-order valence-corrected chi connectivity index (χ3v) is 7.48. The predicted octanol–water partition coefficient (Wildman–Crippen LogP) is 7.97. The normalized spacial score (nSPS) is 11.6. The van der Waals surface area contributed by atoms with Crippen molar-refractivity contribution in [3.63, 3.8) is 0 Å². The number of nitrogens with zero attached hydrogens (tertiary/aromatic N) is 1. The maximum atomic E-state index is 13.6. The zero-order chi connectivity index (χ0) is 31.1. The van der Waals surface area contributed by atoms with Crippen LogP contribution in [0.3, 0.4) is 0 Å². The fourth-order valence-corrected chi connectivity index (χ4v) is 5.31. The first-order chi connectivity index (χ1) is 20.6. The van der Waals surface area contributed by atoms with E-state index < -0.39 is 17.8 Å². The molecule has 4 aromatic carbocycles. The molecule has 0 aliphatic heterocycles. The van der Waals surface area contributed by atoms with Gasteiger partial charge in [0.25, 0.3) is 11.8 Å². The van der Waals surface area contributed by atoms with Gasteiger partial charge in [0, 0.05) is 17.8 Å². The Morgan fingerprint density at radius 1 is 0.884 bits per heavy atom. The van der Waals surface area contributed by atoms with Crippen molar-refractivity contribution in [1.82, 2.24) is 0 Å². The number of halogens is 2. The van der Waals surface area contributed by atoms with Crippen LogP contribution in [0.25, 0.3) is 0 Å². The van der Waals surface area contributed by atoms with Crippen LogP contribution in [0.15, 0.2) is 91.0 Å². The summed E-state index contributed by atoms with van der Waals surface area (Å²) >= 11 is 12.3. The number of nitrogens with one attached hydrogen (secondary N) is 1. The molecule has 0 spiro atoms. The van der Waals surface area contributed by atoms with Crippen LogP contribution in [-0.2, 0) is 11.2 Å². The minimum atomic E-state index is -1.01. The van der Waals surface area contributed by atoms with Crippen LogP contribution in [0.1, 0.15) is 51.6 Å². The van der Waals surface area contributed by atoms with Crippen LogP contribution in [0.5, 0.6) is 5.75 Å². The van der Waals surface area contributed by atoms with E-state index >= 15 is 0 Å². The van der Waals surface area contributed by atoms with Gasteiger partial charge in [0.15, 0.2) is 0 Å². The summed E-state index contributed by atoms with van der Waals surface area (Å²) in [5.41, 5.74) is 2.99. The maximum Gasteiger partial charge on any atom is 0.311 e. The van der Waals surface area contributed by atoms with Gasteiger partial charge >= 0.3 is 5.97 Å². The highest BCUT2D eigenvalue weighted by Gasteiger charge is 2.26. The number of hydrogen-bond acceptors (Lipinski definition) is 4. The molecule has 1 atom stereocenters. The molecule has 2 amide bonds. The highest BCUT2D eigenvalue weighted by atomic mass is 35.5. The van der Waals surface area contributed by atoms with E-state index in [0.717, 1.165) is 5.56 Å². The Morgan fingerprint density at radius 3 is 2.12 bits per heavy atom. The SMILES string of the molecule is COc1ccc(C(Cc2ccc(NC(=O)c3c(Cl)cccc3Cl)cc2)C(=O)O)cc1N(CC(C)C)C(=O)c1ccccc1. The smallest absolute Gasteiger partial charge is 0.311 e. The molecule has 0 heterocycles. The van der Waals surface area contributed by atoms with Crippen LogP contribution in [-0.4, -0.2) is 36.5 Å². The van der Waals surface area contributed by atoms with Crippen molar-refractivity contribution in [3.8, 4) is 5.75 Å². The molecule has 9 heteroatoms. The zero-order valence-electron chi connectivity index (χ0n) is 24.0. The van der Waals surface area contributed by atoms with E-state index in [1.165, 1.54) is 7.11 Å². The summed E-state index contributed by atoms with van der Waals surface area (Å²) in [6, 6.07) is 25.8. The molecular formula is C34H32Cl2N2O5. The monoisotopic (exact) mass is 618 g/mol. The number of carbonyl (C=O) groups excluding carboxylic acids is 2. The summed E-state index contributed by atoms with van der Waals surface area (Å²) in [4.78, 5) is 40.5. The molecule has 4 aromatic rings. The molecule has 0 radical (unpaired) electrons. The molecule has 222 valence electrons. The molecule has 43 heavy (non-hydrogen) atoms. The van der Waals surface area contributed by atoms with E-state index in [4.69, 9.17) is 27.9 Å². The molecule has 0 aliphatic carbocycles. The molecule has 0 aliphatic rings. The lowest BCUT2D eigenvalue weighted by atomic mass is 9.91. The molecule has 0 saturated carbocycles. The van der Waals surface area contributed by atoms with Gasteiger partial charge in [-0.05, 0) is 72.0 Å². The first-order valence-corrected chi connectivity index (χ1v) is 14.5. The Bertz CT molecular complexity index is 1590. The van der Waals surface area contributed by atoms with Gasteiger partial charge in [-0.25, -0.2) is 0 Å². The highest BCUT2D eigenvalue weighted by molar-refractivity contribution is 6.40. The minimum Gasteiger partial charge on any atom is -0.495 e. The average molecular weight is 620 g/mol. The predicted molar refractivity (Wildman–Crippen MR) is 171 cm³/mol. The second-order valence-electron chi connectivity index (χ2n) is 10.4. The van der Waals surface area contributed by atoms with Gasteiger partial charge in [-0.2, -0.15) is 0 Å². The molecule has 0 fully saturated rings. The molecule has 0 aromatic heterocycles. The van der Waals surface area contributed by atoms with Crippen LogP contribution < -0.4 is 15.0 Å². The number of benzene rings is 4. The van der Waals surface area contributed by atoms with E-state index in [1.807, 2.05) is 19.9 Å². The molecule has 0 saturated heterocycles. The van der Waals surface area contributed by atoms with Crippen molar-refractivity contribution >= 4 is 52.4 Å². The molecule has 7 nitrogen and oxygen atoms in total. The lowest BCUT2D eigenvalue weighted by Crippen LogP contribution is -2.34. The standard InChI is InChI=1S/C34H32Cl2N2O5/c1-21(2)20-38(33(40)23-8-5-4-6-9-23)29-19-24(14-17-30(29)43-3)26(34(41)42)18-22-12-15-25(16-13-22)37-32(39)31-27(35)10-7-11-28(31)36/h4-17,19,21,26H,18,20H2,1-3H3,(H,37,39)(H,41,42). The van der Waals surface area contributed by atoms with Gasteiger partial charge in [0.05, 0.1) is 34.3 Å². The third kappa shape index (κ3) is 7.74. The Hall–Kier alpha value is -4.33. The number of carboxylic acid groups (broad SMARTS) is 1. The summed E-state index contributed by atoms with van der Waals surface area (Å²) in [6.07, 6.45) is 0.183. The minimum absolute atomic E-state index is 0.143. The van der Waals surface area contributed by atoms with Crippen molar-refractivity contribution in [2.45, 2.75) is 26.2 Å². The first-order valence-electron chi connectivity index (χ1n) is 13.7. The summed E-state index contributed by atoms with van der Waals surface area (Å²) in [6.45, 7) is 4.44. The quantitative estimate of drug-likeness (QED) is 0.178. The van der Waals surface area contributed by atoms with Gasteiger partial charge in [0.2, 0.25) is 0 Å². The summed E-state index contributed by atoms with van der Waals surface area (Å²) in [5.74, 6) is -1.95. The van der Waals surface area contributed by atoms with E-state index in [2.05, 4.69) is 5.32 Å². The zero-order valence-corrected chi connectivity index (χ0v) is 25.5. The van der Waals surface area contributed by atoms with Crippen LogP contribution >= 0.6 is 23.2 Å². The number of aliphatic carboxylic acids is 1. The van der Waals surface area contributed by atoms with Crippen LogP contribution in [0, 0.1) is 5.92 Å². The number of methoxy groups -OCH3 is 1. The largest absolute Gasteiger partial charge is 0.495 e. The second kappa shape index (κ2) is 14.2. The van der Waals surface area contributed by atoms with E-state index in [1.54, 1.807) is 89.8 Å². The number of rotatable bonds is 11. The van der Waals surface area contributed by atoms with Crippen molar-refractivity contribution < 1.29 is 24.2 Å². The molecule has 1 unspecified atom stereocenters. The van der Waals surface area contributed by atoms with Gasteiger partial charge in [0.1, 0.15) is 5.75 Å². The third-order valence-electron chi connectivity index (χ3n) is 6.85. The Kier molecular flexibility index (Phi) is 10.5. The number of anilines is 2. The summed E-state index contributed by atoms with van der Waals surface area (Å²) in [5, 5.41) is 13.5. The van der Waals surface area contributed by atoms with Gasteiger partial charge in [-0.1, -0.05) is 79.5 Å². The topological polar surface area (TPSA) is 95.9 Å². The van der Waals surface area contributed by atoms with Crippen LogP contribution in [0.4, 0.5) is 11.4 Å². The Labute approximate surface area is 261 Å². The van der Waals surface area contributed by atoms with Gasteiger partial charge in [-0.3, -0.25) is 14.4 Å². The number of carboxylic acids is 1. The Morgan fingerprint density at radius 2 is 1.53 bits per heavy atom. The van der Waals surface area contributed by atoms with Crippen molar-refractivity contribution in [2.24, 2.45) is 5.92 Å². The second-order valence-corrected chi connectivity index (χ2v) is 11.3. The summed E-state index contributed by atoms with van der Waals surface area (Å²) < 4.78 is 5.61. The van der Waals surface area contributed by atoms with Crippen molar-refractivity contribution in [3.05, 3.63) is 123 Å². The van der Waals surface area contributed by atoms with E-state index in [-0.39, 0.29) is 33.9 Å². The molecule has 2 N–H and O–H groups in total. The number of ether oxygens (including phenoxy) is 1. The van der Waals surface area contributed by atoms with Crippen molar-refractivity contribution in [2.75, 3.05) is 23.9 Å². The van der Waals surface area contributed by atoms with E-state index in [9.17, 15) is 19.5 Å². The number of carbonyl (C=O) groups is 3. The van der Waals surface area contributed by atoms with E-state index in [0.29, 0.717) is 34.8 Å². The average Bonchev–Trinajstić information content (AvgIpc) is 2.99. The fourth-order valence-electron chi connectivity index (χ4n) is 4.74. The lowest BCUT2D eigenvalue weighted by molar-refractivity contribution is -0.138. The number of amides is 2. The Balaban J connectivity index is 1.60. The maximum absolute atomic E-state index is 13.6. The summed E-state index contributed by atoms with van der Waals surface area (Å²) in [7, 11) is 1.52.